The lowest BCUT2D eigenvalue weighted by Crippen LogP contribution is -1.98. The summed E-state index contributed by atoms with van der Waals surface area (Å²) >= 11 is 6.92. The summed E-state index contributed by atoms with van der Waals surface area (Å²) in [5, 5.41) is 1.36. The maximum atomic E-state index is 11.5. The van der Waals surface area contributed by atoms with E-state index in [-0.39, 0.29) is 15.2 Å². The molecule has 0 saturated heterocycles. The number of aromatic nitrogens is 2. The Kier molecular flexibility index (Phi) is 3.72. The molecule has 5 nitrogen and oxygen atoms in total. The molecule has 2 heterocycles. The second kappa shape index (κ2) is 5.67. The lowest BCUT2D eigenvalue weighted by Gasteiger charge is -2.02. The summed E-state index contributed by atoms with van der Waals surface area (Å²) < 4.78 is 10.2. The van der Waals surface area contributed by atoms with E-state index in [2.05, 4.69) is 14.7 Å². The zero-order chi connectivity index (χ0) is 14.8. The molecule has 106 valence electrons. The predicted molar refractivity (Wildman–Crippen MR) is 80.3 cm³/mol. The van der Waals surface area contributed by atoms with Crippen molar-refractivity contribution in [2.24, 2.45) is 0 Å². The fraction of sp³-hybridized carbons (Fsp3) is 0.0714. The van der Waals surface area contributed by atoms with Crippen molar-refractivity contribution >= 4 is 39.8 Å². The first-order valence-corrected chi connectivity index (χ1v) is 7.14. The van der Waals surface area contributed by atoms with Crippen LogP contribution in [0.3, 0.4) is 0 Å². The van der Waals surface area contributed by atoms with Crippen LogP contribution in [0.5, 0.6) is 10.9 Å². The molecule has 0 unspecified atom stereocenters. The van der Waals surface area contributed by atoms with E-state index >= 15 is 0 Å². The molecule has 0 aliphatic heterocycles. The number of thiazole rings is 1. The van der Waals surface area contributed by atoms with Crippen LogP contribution in [0.15, 0.2) is 36.5 Å². The molecule has 0 atom stereocenters. The van der Waals surface area contributed by atoms with Gasteiger partial charge in [-0.2, -0.15) is 4.98 Å². The number of nitrogens with zero attached hydrogens (tertiary/aromatic N) is 2. The molecule has 0 amide bonds. The van der Waals surface area contributed by atoms with E-state index < -0.39 is 5.97 Å². The summed E-state index contributed by atoms with van der Waals surface area (Å²) in [5.41, 5.74) is 0.811. The van der Waals surface area contributed by atoms with Crippen molar-refractivity contribution in [2.45, 2.75) is 0 Å². The van der Waals surface area contributed by atoms with Crippen LogP contribution in [0.4, 0.5) is 0 Å². The van der Waals surface area contributed by atoms with Crippen molar-refractivity contribution in [3.63, 3.8) is 0 Å². The summed E-state index contributed by atoms with van der Waals surface area (Å²) in [6.07, 6.45) is 1.71. The van der Waals surface area contributed by atoms with Gasteiger partial charge in [-0.3, -0.25) is 4.98 Å². The number of rotatable bonds is 3. The molecule has 0 aliphatic rings. The normalized spacial score (nSPS) is 10.6. The first kappa shape index (κ1) is 13.8. The molecule has 2 aromatic heterocycles. The Labute approximate surface area is 129 Å². The van der Waals surface area contributed by atoms with E-state index in [0.717, 1.165) is 22.2 Å². The van der Waals surface area contributed by atoms with Gasteiger partial charge in [0.25, 0.3) is 5.19 Å². The van der Waals surface area contributed by atoms with Crippen LogP contribution >= 0.6 is 22.9 Å². The molecular formula is C14H9ClN2O3S. The van der Waals surface area contributed by atoms with Crippen molar-refractivity contribution in [3.05, 3.63) is 46.6 Å². The van der Waals surface area contributed by atoms with E-state index in [9.17, 15) is 4.79 Å². The number of fused-ring (bicyclic) bond motifs is 1. The van der Waals surface area contributed by atoms with Crippen LogP contribution < -0.4 is 4.74 Å². The molecule has 0 aliphatic carbocycles. The molecule has 0 radical (unpaired) electrons. The molecular weight excluding hydrogens is 312 g/mol. The number of benzene rings is 1. The second-order valence-corrected chi connectivity index (χ2v) is 5.37. The Morgan fingerprint density at radius 2 is 2.19 bits per heavy atom. The van der Waals surface area contributed by atoms with Crippen LogP contribution in [0.2, 0.25) is 5.15 Å². The minimum Gasteiger partial charge on any atom is -0.465 e. The Hall–Kier alpha value is -2.18. The topological polar surface area (TPSA) is 61.3 Å². The zero-order valence-electron chi connectivity index (χ0n) is 10.9. The summed E-state index contributed by atoms with van der Waals surface area (Å²) in [6, 6.07) is 9.32. The minimum absolute atomic E-state index is 0.0702. The number of carbonyl (C=O) groups is 1. The summed E-state index contributed by atoms with van der Waals surface area (Å²) in [4.78, 5) is 19.9. The number of esters is 1. The van der Waals surface area contributed by atoms with Gasteiger partial charge in [-0.25, -0.2) is 4.79 Å². The van der Waals surface area contributed by atoms with Gasteiger partial charge >= 0.3 is 5.97 Å². The average molecular weight is 321 g/mol. The third kappa shape index (κ3) is 2.81. The van der Waals surface area contributed by atoms with Crippen LogP contribution in [0.1, 0.15) is 9.67 Å². The molecule has 0 saturated carbocycles. The van der Waals surface area contributed by atoms with Gasteiger partial charge in [0, 0.05) is 17.6 Å². The van der Waals surface area contributed by atoms with Gasteiger partial charge in [-0.05, 0) is 18.2 Å². The number of pyridine rings is 1. The first-order valence-electron chi connectivity index (χ1n) is 5.94. The van der Waals surface area contributed by atoms with Crippen molar-refractivity contribution in [2.75, 3.05) is 7.11 Å². The van der Waals surface area contributed by atoms with Crippen LogP contribution in [-0.2, 0) is 4.74 Å². The van der Waals surface area contributed by atoms with E-state index in [1.165, 1.54) is 7.11 Å². The lowest BCUT2D eigenvalue weighted by molar-refractivity contribution is 0.0606. The van der Waals surface area contributed by atoms with Crippen LogP contribution in [0.25, 0.3) is 10.9 Å². The molecule has 1 aromatic carbocycles. The third-order valence-corrected chi connectivity index (χ3v) is 4.02. The predicted octanol–water partition coefficient (Wildman–Crippen LogP) is 3.92. The van der Waals surface area contributed by atoms with Crippen molar-refractivity contribution in [1.82, 2.24) is 9.97 Å². The molecule has 7 heteroatoms. The van der Waals surface area contributed by atoms with Crippen molar-refractivity contribution in [3.8, 4) is 10.9 Å². The Balaban J connectivity index is 1.89. The van der Waals surface area contributed by atoms with Gasteiger partial charge in [0.1, 0.15) is 5.75 Å². The van der Waals surface area contributed by atoms with Gasteiger partial charge in [-0.1, -0.05) is 29.0 Å². The maximum Gasteiger partial charge on any atom is 0.351 e. The molecule has 3 aromatic rings. The van der Waals surface area contributed by atoms with Gasteiger partial charge in [0.15, 0.2) is 10.0 Å². The number of methoxy groups -OCH3 is 1. The Bertz CT molecular complexity index is 819. The van der Waals surface area contributed by atoms with Gasteiger partial charge in [0.2, 0.25) is 0 Å². The fourth-order valence-corrected chi connectivity index (χ4v) is 2.82. The van der Waals surface area contributed by atoms with E-state index in [4.69, 9.17) is 16.3 Å². The molecule has 3 rings (SSSR count). The first-order chi connectivity index (χ1) is 10.2. The minimum atomic E-state index is -0.535. The third-order valence-electron chi connectivity index (χ3n) is 2.72. The Morgan fingerprint density at radius 1 is 1.33 bits per heavy atom. The molecule has 0 bridgehead atoms. The van der Waals surface area contributed by atoms with Gasteiger partial charge in [0.05, 0.1) is 12.6 Å². The van der Waals surface area contributed by atoms with Gasteiger partial charge in [-0.15, -0.1) is 0 Å². The quantitative estimate of drug-likeness (QED) is 0.684. The Morgan fingerprint density at radius 3 is 3.00 bits per heavy atom. The highest BCUT2D eigenvalue weighted by atomic mass is 35.5. The molecule has 0 N–H and O–H groups in total. The standard InChI is InChI=1S/C14H9ClN2O3S/c1-19-13(18)11-12(15)17-14(21-11)20-9-5-4-8-3-2-6-16-10(8)7-9/h2-7H,1H3. The number of ether oxygens (including phenoxy) is 2. The van der Waals surface area contributed by atoms with Crippen molar-refractivity contribution in [1.29, 1.82) is 0 Å². The monoisotopic (exact) mass is 320 g/mol. The number of halogens is 1. The largest absolute Gasteiger partial charge is 0.465 e. The molecule has 0 spiro atoms. The average Bonchev–Trinajstić information content (AvgIpc) is 2.87. The van der Waals surface area contributed by atoms with Gasteiger partial charge < -0.3 is 9.47 Å². The van der Waals surface area contributed by atoms with E-state index in [0.29, 0.717) is 5.75 Å². The van der Waals surface area contributed by atoms with Crippen LogP contribution in [0, 0.1) is 0 Å². The van der Waals surface area contributed by atoms with E-state index in [1.807, 2.05) is 18.2 Å². The highest BCUT2D eigenvalue weighted by Gasteiger charge is 2.18. The summed E-state index contributed by atoms with van der Waals surface area (Å²) in [7, 11) is 1.29. The fourth-order valence-electron chi connectivity index (χ4n) is 1.76. The van der Waals surface area contributed by atoms with E-state index in [1.54, 1.807) is 18.3 Å². The highest BCUT2D eigenvalue weighted by Crippen LogP contribution is 2.33. The smallest absolute Gasteiger partial charge is 0.351 e. The SMILES string of the molecule is COC(=O)c1sc(Oc2ccc3cccnc3c2)nc1Cl. The number of hydrogen-bond donors (Lipinski definition) is 0. The van der Waals surface area contributed by atoms with Crippen LogP contribution in [-0.4, -0.2) is 23.0 Å². The summed E-state index contributed by atoms with van der Waals surface area (Å²) in [5.74, 6) is 0.0376. The zero-order valence-corrected chi connectivity index (χ0v) is 12.4. The second-order valence-electron chi connectivity index (χ2n) is 4.05. The maximum absolute atomic E-state index is 11.5. The van der Waals surface area contributed by atoms with Crippen molar-refractivity contribution < 1.29 is 14.3 Å². The highest BCUT2D eigenvalue weighted by molar-refractivity contribution is 7.15. The molecule has 0 fully saturated rings. The summed E-state index contributed by atoms with van der Waals surface area (Å²) in [6.45, 7) is 0. The lowest BCUT2D eigenvalue weighted by atomic mass is 10.2. The number of carbonyl (C=O) groups excluding carboxylic acids is 1. The molecule has 21 heavy (non-hydrogen) atoms. The number of hydrogen-bond acceptors (Lipinski definition) is 6.